The Labute approximate surface area is 184 Å². The van der Waals surface area contributed by atoms with Crippen LogP contribution < -0.4 is 9.64 Å². The molecular weight excluding hydrogens is 412 g/mol. The maximum Gasteiger partial charge on any atom is 0.233 e. The fourth-order valence-corrected chi connectivity index (χ4v) is 3.89. The standard InChI is InChI=1S/C23H22N4O3S/c1-3-29-19-11-9-17(10-12-19)22-25-20(30-26-22)13-14-21(28)27(18-7-5-4-6-8-18)23-24-16(2)15-31-23/h4-12,15H,3,13-14H2,1-2H3. The Morgan fingerprint density at radius 3 is 2.55 bits per heavy atom. The summed E-state index contributed by atoms with van der Waals surface area (Å²) in [7, 11) is 0. The maximum absolute atomic E-state index is 13.1. The van der Waals surface area contributed by atoms with Crippen molar-refractivity contribution in [2.75, 3.05) is 11.5 Å². The smallest absolute Gasteiger partial charge is 0.233 e. The minimum Gasteiger partial charge on any atom is -0.494 e. The Morgan fingerprint density at radius 2 is 1.87 bits per heavy atom. The van der Waals surface area contributed by atoms with Crippen LogP contribution in [0, 0.1) is 6.92 Å². The van der Waals surface area contributed by atoms with Gasteiger partial charge in [0, 0.05) is 23.8 Å². The molecule has 2 aromatic heterocycles. The van der Waals surface area contributed by atoms with Crippen molar-refractivity contribution in [1.29, 1.82) is 0 Å². The van der Waals surface area contributed by atoms with Gasteiger partial charge in [-0.1, -0.05) is 23.4 Å². The molecule has 0 spiro atoms. The second-order valence-corrected chi connectivity index (χ2v) is 7.64. The van der Waals surface area contributed by atoms with Gasteiger partial charge in [0.15, 0.2) is 5.13 Å². The number of hydrogen-bond donors (Lipinski definition) is 0. The van der Waals surface area contributed by atoms with Gasteiger partial charge in [0.05, 0.1) is 18.0 Å². The van der Waals surface area contributed by atoms with Gasteiger partial charge in [-0.25, -0.2) is 4.98 Å². The molecule has 0 bridgehead atoms. The normalized spacial score (nSPS) is 10.8. The van der Waals surface area contributed by atoms with E-state index in [1.165, 1.54) is 11.3 Å². The van der Waals surface area contributed by atoms with Crippen molar-refractivity contribution in [3.63, 3.8) is 0 Å². The molecule has 4 rings (SSSR count). The number of para-hydroxylation sites is 1. The number of aryl methyl sites for hydroxylation is 2. The summed E-state index contributed by atoms with van der Waals surface area (Å²) >= 11 is 1.44. The molecule has 0 aliphatic rings. The number of rotatable bonds is 8. The second-order valence-electron chi connectivity index (χ2n) is 6.81. The fraction of sp³-hybridized carbons (Fsp3) is 0.217. The average molecular weight is 435 g/mol. The second kappa shape index (κ2) is 9.53. The summed E-state index contributed by atoms with van der Waals surface area (Å²) in [6, 6.07) is 17.0. The highest BCUT2D eigenvalue weighted by molar-refractivity contribution is 7.14. The largest absolute Gasteiger partial charge is 0.494 e. The van der Waals surface area contributed by atoms with Gasteiger partial charge in [-0.3, -0.25) is 9.69 Å². The number of ether oxygens (including phenoxy) is 1. The molecule has 0 atom stereocenters. The van der Waals surface area contributed by atoms with Crippen LogP contribution in [0.5, 0.6) is 5.75 Å². The molecule has 158 valence electrons. The highest BCUT2D eigenvalue weighted by Gasteiger charge is 2.21. The van der Waals surface area contributed by atoms with Crippen molar-refractivity contribution in [3.05, 3.63) is 71.6 Å². The molecule has 0 saturated carbocycles. The highest BCUT2D eigenvalue weighted by Crippen LogP contribution is 2.29. The fourth-order valence-electron chi connectivity index (χ4n) is 3.05. The Balaban J connectivity index is 1.46. The maximum atomic E-state index is 13.1. The number of thiazole rings is 1. The lowest BCUT2D eigenvalue weighted by atomic mass is 10.2. The van der Waals surface area contributed by atoms with E-state index in [0.717, 1.165) is 22.7 Å². The van der Waals surface area contributed by atoms with Crippen molar-refractivity contribution in [3.8, 4) is 17.1 Å². The first-order chi connectivity index (χ1) is 15.1. The lowest BCUT2D eigenvalue weighted by molar-refractivity contribution is -0.117. The molecule has 2 heterocycles. The van der Waals surface area contributed by atoms with Gasteiger partial charge in [-0.05, 0) is 50.2 Å². The van der Waals surface area contributed by atoms with Gasteiger partial charge in [-0.2, -0.15) is 4.98 Å². The molecule has 4 aromatic rings. The predicted molar refractivity (Wildman–Crippen MR) is 120 cm³/mol. The molecule has 0 radical (unpaired) electrons. The molecule has 31 heavy (non-hydrogen) atoms. The van der Waals surface area contributed by atoms with E-state index in [1.807, 2.05) is 73.8 Å². The van der Waals surface area contributed by atoms with Crippen LogP contribution in [0.3, 0.4) is 0 Å². The Hall–Kier alpha value is -3.52. The van der Waals surface area contributed by atoms with Crippen LogP contribution in [0.2, 0.25) is 0 Å². The van der Waals surface area contributed by atoms with Gasteiger partial charge in [0.2, 0.25) is 17.6 Å². The van der Waals surface area contributed by atoms with Crippen molar-refractivity contribution in [2.45, 2.75) is 26.7 Å². The summed E-state index contributed by atoms with van der Waals surface area (Å²) in [4.78, 5) is 23.7. The van der Waals surface area contributed by atoms with E-state index in [1.54, 1.807) is 4.90 Å². The quantitative estimate of drug-likeness (QED) is 0.379. The van der Waals surface area contributed by atoms with Crippen LogP contribution in [0.15, 0.2) is 64.5 Å². The van der Waals surface area contributed by atoms with E-state index < -0.39 is 0 Å². The first-order valence-corrected chi connectivity index (χ1v) is 10.9. The van der Waals surface area contributed by atoms with Crippen molar-refractivity contribution >= 4 is 28.1 Å². The number of anilines is 2. The van der Waals surface area contributed by atoms with Crippen molar-refractivity contribution in [1.82, 2.24) is 15.1 Å². The Kier molecular flexibility index (Phi) is 6.37. The number of aromatic nitrogens is 3. The monoisotopic (exact) mass is 434 g/mol. The van der Waals surface area contributed by atoms with Crippen LogP contribution in [0.25, 0.3) is 11.4 Å². The van der Waals surface area contributed by atoms with Gasteiger partial charge in [0.1, 0.15) is 5.75 Å². The van der Waals surface area contributed by atoms with E-state index >= 15 is 0 Å². The number of hydrogen-bond acceptors (Lipinski definition) is 7. The van der Waals surface area contributed by atoms with Crippen molar-refractivity contribution in [2.24, 2.45) is 0 Å². The van der Waals surface area contributed by atoms with E-state index in [0.29, 0.717) is 29.9 Å². The molecule has 0 unspecified atom stereocenters. The minimum atomic E-state index is -0.0821. The SMILES string of the molecule is CCOc1ccc(-c2noc(CCC(=O)N(c3ccccc3)c3nc(C)cs3)n2)cc1. The minimum absolute atomic E-state index is 0.0821. The summed E-state index contributed by atoms with van der Waals surface area (Å²) in [5.41, 5.74) is 2.49. The summed E-state index contributed by atoms with van der Waals surface area (Å²) in [5, 5.41) is 6.62. The van der Waals surface area contributed by atoms with Gasteiger partial charge in [-0.15, -0.1) is 11.3 Å². The van der Waals surface area contributed by atoms with Gasteiger partial charge >= 0.3 is 0 Å². The van der Waals surface area contributed by atoms with E-state index in [9.17, 15) is 4.79 Å². The van der Waals surface area contributed by atoms with E-state index in [2.05, 4.69) is 15.1 Å². The van der Waals surface area contributed by atoms with Crippen LogP contribution in [0.4, 0.5) is 10.8 Å². The lowest BCUT2D eigenvalue weighted by Gasteiger charge is -2.19. The van der Waals surface area contributed by atoms with Crippen LogP contribution >= 0.6 is 11.3 Å². The lowest BCUT2D eigenvalue weighted by Crippen LogP contribution is -2.26. The van der Waals surface area contributed by atoms with Gasteiger partial charge < -0.3 is 9.26 Å². The summed E-state index contributed by atoms with van der Waals surface area (Å²) < 4.78 is 10.8. The molecule has 8 heteroatoms. The molecular formula is C23H22N4O3S. The van der Waals surface area contributed by atoms with Crippen LogP contribution in [0.1, 0.15) is 24.9 Å². The molecule has 1 amide bonds. The molecule has 0 N–H and O–H groups in total. The number of nitrogens with zero attached hydrogens (tertiary/aromatic N) is 4. The zero-order chi connectivity index (χ0) is 21.6. The summed E-state index contributed by atoms with van der Waals surface area (Å²) in [5.74, 6) is 1.61. The van der Waals surface area contributed by atoms with Crippen molar-refractivity contribution < 1.29 is 14.1 Å². The van der Waals surface area contributed by atoms with E-state index in [-0.39, 0.29) is 12.3 Å². The zero-order valence-electron chi connectivity index (χ0n) is 17.3. The first kappa shape index (κ1) is 20.7. The molecule has 0 fully saturated rings. The number of carbonyl (C=O) groups is 1. The van der Waals surface area contributed by atoms with Crippen LogP contribution in [-0.2, 0) is 11.2 Å². The summed E-state index contributed by atoms with van der Waals surface area (Å²) in [6.07, 6.45) is 0.564. The molecule has 2 aromatic carbocycles. The number of carbonyl (C=O) groups excluding carboxylic acids is 1. The topological polar surface area (TPSA) is 81.4 Å². The van der Waals surface area contributed by atoms with Gasteiger partial charge in [0.25, 0.3) is 0 Å². The molecule has 0 aliphatic heterocycles. The average Bonchev–Trinajstić information content (AvgIpc) is 3.43. The summed E-state index contributed by atoms with van der Waals surface area (Å²) in [6.45, 7) is 4.46. The number of benzene rings is 2. The zero-order valence-corrected chi connectivity index (χ0v) is 18.1. The molecule has 0 aliphatic carbocycles. The first-order valence-electron chi connectivity index (χ1n) is 10.00. The molecule has 0 saturated heterocycles. The van der Waals surface area contributed by atoms with Crippen LogP contribution in [-0.4, -0.2) is 27.6 Å². The Morgan fingerprint density at radius 1 is 1.10 bits per heavy atom. The number of amides is 1. The van der Waals surface area contributed by atoms with E-state index in [4.69, 9.17) is 9.26 Å². The predicted octanol–water partition coefficient (Wildman–Crippen LogP) is 5.20. The third-order valence-corrected chi connectivity index (χ3v) is 5.45. The highest BCUT2D eigenvalue weighted by atomic mass is 32.1. The third-order valence-electron chi connectivity index (χ3n) is 4.51. The Bertz CT molecular complexity index is 1140. The molecule has 7 nitrogen and oxygen atoms in total. The third kappa shape index (κ3) is 4.97.